The van der Waals surface area contributed by atoms with Crippen molar-refractivity contribution >= 4 is 29.4 Å². The van der Waals surface area contributed by atoms with Gasteiger partial charge in [-0.3, -0.25) is 19.3 Å². The van der Waals surface area contributed by atoms with E-state index >= 15 is 0 Å². The molecule has 10 heteroatoms. The molecular formula is C20H15F3N2O5. The molecule has 1 aliphatic rings. The quantitative estimate of drug-likeness (QED) is 0.606. The molecule has 1 heterocycles. The van der Waals surface area contributed by atoms with Crippen LogP contribution in [0.2, 0.25) is 0 Å². The molecule has 1 N–H and O–H groups in total. The molecule has 1 atom stereocenters. The molecule has 156 valence electrons. The van der Waals surface area contributed by atoms with Gasteiger partial charge in [-0.2, -0.15) is 13.2 Å². The van der Waals surface area contributed by atoms with E-state index < -0.39 is 41.5 Å². The number of ether oxygens (including phenoxy) is 1. The van der Waals surface area contributed by atoms with Crippen LogP contribution in [-0.2, 0) is 15.7 Å². The molecule has 0 bridgehead atoms. The van der Waals surface area contributed by atoms with Gasteiger partial charge in [-0.25, -0.2) is 4.79 Å². The molecule has 3 amide bonds. The van der Waals surface area contributed by atoms with Crippen LogP contribution in [0.25, 0.3) is 0 Å². The summed E-state index contributed by atoms with van der Waals surface area (Å²) in [6.45, 7) is 1.28. The summed E-state index contributed by atoms with van der Waals surface area (Å²) in [7, 11) is 1.32. The first-order valence-electron chi connectivity index (χ1n) is 8.64. The highest BCUT2D eigenvalue weighted by atomic mass is 19.4. The lowest BCUT2D eigenvalue weighted by atomic mass is 10.1. The molecule has 0 radical (unpaired) electrons. The van der Waals surface area contributed by atoms with Crippen molar-refractivity contribution < 1.29 is 37.1 Å². The van der Waals surface area contributed by atoms with Crippen molar-refractivity contribution in [3.05, 3.63) is 64.7 Å². The number of carbonyl (C=O) groups is 4. The first kappa shape index (κ1) is 21.0. The number of nitrogens with one attached hydrogen (secondary N) is 1. The van der Waals surface area contributed by atoms with Gasteiger partial charge >= 0.3 is 12.1 Å². The molecule has 3 rings (SSSR count). The van der Waals surface area contributed by atoms with Gasteiger partial charge in [0.05, 0.1) is 22.3 Å². The van der Waals surface area contributed by atoms with Gasteiger partial charge in [-0.15, -0.1) is 0 Å². The number of rotatable bonds is 4. The van der Waals surface area contributed by atoms with E-state index in [1.807, 2.05) is 0 Å². The van der Waals surface area contributed by atoms with Crippen LogP contribution < -0.4 is 5.32 Å². The van der Waals surface area contributed by atoms with E-state index in [4.69, 9.17) is 4.74 Å². The Labute approximate surface area is 168 Å². The Morgan fingerprint density at radius 3 is 2.20 bits per heavy atom. The van der Waals surface area contributed by atoms with Crippen molar-refractivity contribution in [3.8, 4) is 0 Å². The molecule has 1 unspecified atom stereocenters. The molecule has 0 saturated heterocycles. The first-order chi connectivity index (χ1) is 14.0. The minimum absolute atomic E-state index is 0.0284. The number of benzene rings is 2. The summed E-state index contributed by atoms with van der Waals surface area (Å²) in [5.74, 6) is -2.70. The highest BCUT2D eigenvalue weighted by Crippen LogP contribution is 2.30. The SMILES string of the molecule is CC(OC(=O)c1ccc2c(c1)C(=O)N(C)C2=O)C(=O)Nc1ccc(C(F)(F)F)cc1. The van der Waals surface area contributed by atoms with Crippen LogP contribution in [0.3, 0.4) is 0 Å². The smallest absolute Gasteiger partial charge is 0.416 e. The van der Waals surface area contributed by atoms with Gasteiger partial charge in [0.15, 0.2) is 6.10 Å². The van der Waals surface area contributed by atoms with Crippen molar-refractivity contribution in [2.24, 2.45) is 0 Å². The van der Waals surface area contributed by atoms with Crippen molar-refractivity contribution in [2.45, 2.75) is 19.2 Å². The Morgan fingerprint density at radius 1 is 1.00 bits per heavy atom. The number of carbonyl (C=O) groups excluding carboxylic acids is 4. The van der Waals surface area contributed by atoms with E-state index in [2.05, 4.69) is 5.32 Å². The molecule has 0 spiro atoms. The number of halogens is 3. The summed E-state index contributed by atoms with van der Waals surface area (Å²) < 4.78 is 42.8. The Hall–Kier alpha value is -3.69. The third-order valence-electron chi connectivity index (χ3n) is 4.46. The van der Waals surface area contributed by atoms with Crippen LogP contribution in [0.4, 0.5) is 18.9 Å². The fraction of sp³-hybridized carbons (Fsp3) is 0.200. The number of fused-ring (bicyclic) bond motifs is 1. The third kappa shape index (κ3) is 4.02. The lowest BCUT2D eigenvalue weighted by molar-refractivity contribution is -0.137. The highest BCUT2D eigenvalue weighted by molar-refractivity contribution is 6.21. The summed E-state index contributed by atoms with van der Waals surface area (Å²) in [5, 5.41) is 2.35. The molecule has 2 aromatic carbocycles. The van der Waals surface area contributed by atoms with Gasteiger partial charge in [0, 0.05) is 12.7 Å². The molecule has 0 aromatic heterocycles. The summed E-state index contributed by atoms with van der Waals surface area (Å²) in [5.41, 5.74) is -0.582. The van der Waals surface area contributed by atoms with Gasteiger partial charge in [-0.1, -0.05) is 0 Å². The lowest BCUT2D eigenvalue weighted by Crippen LogP contribution is -2.30. The molecule has 0 saturated carbocycles. The van der Waals surface area contributed by atoms with E-state index in [9.17, 15) is 32.3 Å². The van der Waals surface area contributed by atoms with E-state index in [0.29, 0.717) is 0 Å². The molecule has 0 aliphatic carbocycles. The van der Waals surface area contributed by atoms with Crippen molar-refractivity contribution in [3.63, 3.8) is 0 Å². The van der Waals surface area contributed by atoms with Crippen LogP contribution in [0, 0.1) is 0 Å². The summed E-state index contributed by atoms with van der Waals surface area (Å²) in [6.07, 6.45) is -5.77. The van der Waals surface area contributed by atoms with Crippen molar-refractivity contribution in [2.75, 3.05) is 12.4 Å². The maximum atomic E-state index is 12.6. The van der Waals surface area contributed by atoms with E-state index in [1.165, 1.54) is 32.2 Å². The number of hydrogen-bond donors (Lipinski definition) is 1. The Kier molecular flexibility index (Phi) is 5.34. The summed E-state index contributed by atoms with van der Waals surface area (Å²) >= 11 is 0. The first-order valence-corrected chi connectivity index (χ1v) is 8.64. The number of imide groups is 1. The average Bonchev–Trinajstić information content (AvgIpc) is 2.91. The van der Waals surface area contributed by atoms with E-state index in [0.717, 1.165) is 29.2 Å². The molecular weight excluding hydrogens is 405 g/mol. The number of amides is 3. The normalized spacial score (nSPS) is 14.4. The second-order valence-electron chi connectivity index (χ2n) is 6.54. The molecule has 30 heavy (non-hydrogen) atoms. The molecule has 7 nitrogen and oxygen atoms in total. The number of anilines is 1. The minimum Gasteiger partial charge on any atom is -0.449 e. The zero-order valence-corrected chi connectivity index (χ0v) is 15.7. The van der Waals surface area contributed by atoms with Crippen LogP contribution in [0.5, 0.6) is 0 Å². The standard InChI is InChI=1S/C20H15F3N2O5/c1-10(16(26)24-13-6-4-12(5-7-13)20(21,22)23)30-19(29)11-3-8-14-15(9-11)18(28)25(2)17(14)27/h3-10H,1-2H3,(H,24,26). The second kappa shape index (κ2) is 7.62. The van der Waals surface area contributed by atoms with Gasteiger partial charge < -0.3 is 10.1 Å². The lowest BCUT2D eigenvalue weighted by Gasteiger charge is -2.14. The largest absolute Gasteiger partial charge is 0.449 e. The Morgan fingerprint density at radius 2 is 1.60 bits per heavy atom. The zero-order valence-electron chi connectivity index (χ0n) is 15.7. The maximum absolute atomic E-state index is 12.6. The van der Waals surface area contributed by atoms with Gasteiger partial charge in [-0.05, 0) is 49.4 Å². The second-order valence-corrected chi connectivity index (χ2v) is 6.54. The Bertz CT molecular complexity index is 1050. The van der Waals surface area contributed by atoms with Crippen LogP contribution in [0.15, 0.2) is 42.5 Å². The van der Waals surface area contributed by atoms with Crippen molar-refractivity contribution in [1.29, 1.82) is 0 Å². The van der Waals surface area contributed by atoms with Crippen LogP contribution in [-0.4, -0.2) is 41.7 Å². The Balaban J connectivity index is 1.65. The minimum atomic E-state index is -4.50. The predicted molar refractivity (Wildman–Crippen MR) is 97.8 cm³/mol. The topological polar surface area (TPSA) is 92.8 Å². The molecule has 1 aliphatic heterocycles. The fourth-order valence-corrected chi connectivity index (χ4v) is 2.76. The van der Waals surface area contributed by atoms with Crippen LogP contribution >= 0.6 is 0 Å². The third-order valence-corrected chi connectivity index (χ3v) is 4.46. The number of nitrogens with zero attached hydrogens (tertiary/aromatic N) is 1. The monoisotopic (exact) mass is 420 g/mol. The number of hydrogen-bond acceptors (Lipinski definition) is 5. The van der Waals surface area contributed by atoms with Gasteiger partial charge in [0.25, 0.3) is 17.7 Å². The summed E-state index contributed by atoms with van der Waals surface area (Å²) in [4.78, 5) is 49.3. The predicted octanol–water partition coefficient (Wildman–Crippen LogP) is 3.12. The average molecular weight is 420 g/mol. The molecule has 0 fully saturated rings. The summed E-state index contributed by atoms with van der Waals surface area (Å²) in [6, 6.07) is 7.61. The number of alkyl halides is 3. The van der Waals surface area contributed by atoms with Gasteiger partial charge in [0.2, 0.25) is 0 Å². The van der Waals surface area contributed by atoms with E-state index in [1.54, 1.807) is 0 Å². The highest BCUT2D eigenvalue weighted by Gasteiger charge is 2.34. The van der Waals surface area contributed by atoms with Gasteiger partial charge in [0.1, 0.15) is 0 Å². The zero-order chi connectivity index (χ0) is 22.2. The number of esters is 1. The maximum Gasteiger partial charge on any atom is 0.416 e. The molecule has 2 aromatic rings. The fourth-order valence-electron chi connectivity index (χ4n) is 2.76. The van der Waals surface area contributed by atoms with Crippen molar-refractivity contribution in [1.82, 2.24) is 4.90 Å². The van der Waals surface area contributed by atoms with Crippen LogP contribution in [0.1, 0.15) is 43.6 Å². The van der Waals surface area contributed by atoms with E-state index in [-0.39, 0.29) is 22.4 Å².